The van der Waals surface area contributed by atoms with Gasteiger partial charge in [-0.1, -0.05) is 49.4 Å². The SMILES string of the molecule is CCc1ccc(CN(Cc2cccnc2)C(=O)Cc2ccc([N+](=O)[O-])cc2)cc1. The predicted molar refractivity (Wildman–Crippen MR) is 111 cm³/mol. The minimum atomic E-state index is -0.444. The lowest BCUT2D eigenvalue weighted by Gasteiger charge is -2.23. The van der Waals surface area contributed by atoms with Crippen LogP contribution in [-0.2, 0) is 30.7 Å². The zero-order chi connectivity index (χ0) is 20.6. The fourth-order valence-corrected chi connectivity index (χ4v) is 3.07. The summed E-state index contributed by atoms with van der Waals surface area (Å²) in [4.78, 5) is 29.3. The highest BCUT2D eigenvalue weighted by atomic mass is 16.6. The maximum Gasteiger partial charge on any atom is 0.269 e. The van der Waals surface area contributed by atoms with E-state index in [-0.39, 0.29) is 18.0 Å². The van der Waals surface area contributed by atoms with Gasteiger partial charge in [-0.15, -0.1) is 0 Å². The Kier molecular flexibility index (Phi) is 6.68. The lowest BCUT2D eigenvalue weighted by Crippen LogP contribution is -2.31. The topological polar surface area (TPSA) is 76.3 Å². The Labute approximate surface area is 170 Å². The predicted octanol–water partition coefficient (Wildman–Crippen LogP) is 4.32. The van der Waals surface area contributed by atoms with E-state index in [9.17, 15) is 14.9 Å². The van der Waals surface area contributed by atoms with Crippen molar-refractivity contribution >= 4 is 11.6 Å². The summed E-state index contributed by atoms with van der Waals surface area (Å²) in [5.74, 6) is -0.0396. The molecule has 0 aliphatic carbocycles. The molecule has 0 saturated carbocycles. The molecular weight excluding hydrogens is 366 g/mol. The van der Waals surface area contributed by atoms with Gasteiger partial charge in [0, 0.05) is 37.6 Å². The molecule has 1 heterocycles. The molecule has 6 nitrogen and oxygen atoms in total. The number of pyridine rings is 1. The molecule has 0 fully saturated rings. The van der Waals surface area contributed by atoms with Crippen molar-refractivity contribution in [1.29, 1.82) is 0 Å². The van der Waals surface area contributed by atoms with E-state index in [1.54, 1.807) is 29.4 Å². The van der Waals surface area contributed by atoms with Crippen LogP contribution in [0.15, 0.2) is 73.1 Å². The normalized spacial score (nSPS) is 10.5. The number of aryl methyl sites for hydroxylation is 1. The van der Waals surface area contributed by atoms with Crippen LogP contribution in [0.2, 0.25) is 0 Å². The van der Waals surface area contributed by atoms with Crippen molar-refractivity contribution in [2.24, 2.45) is 0 Å². The molecule has 29 heavy (non-hydrogen) atoms. The molecule has 0 aliphatic heterocycles. The third-order valence-corrected chi connectivity index (χ3v) is 4.76. The Hall–Kier alpha value is -3.54. The van der Waals surface area contributed by atoms with Crippen LogP contribution in [0.1, 0.15) is 29.2 Å². The molecule has 1 aromatic heterocycles. The van der Waals surface area contributed by atoms with Crippen molar-refractivity contribution in [3.05, 3.63) is 105 Å². The third kappa shape index (κ3) is 5.72. The summed E-state index contributed by atoms with van der Waals surface area (Å²) in [5, 5.41) is 10.8. The van der Waals surface area contributed by atoms with Crippen molar-refractivity contribution in [2.45, 2.75) is 32.9 Å². The van der Waals surface area contributed by atoms with Gasteiger partial charge in [0.15, 0.2) is 0 Å². The second kappa shape index (κ2) is 9.59. The summed E-state index contributed by atoms with van der Waals surface area (Å²) in [5.41, 5.74) is 4.03. The molecule has 0 aliphatic rings. The molecule has 0 saturated heterocycles. The zero-order valence-electron chi connectivity index (χ0n) is 16.3. The third-order valence-electron chi connectivity index (χ3n) is 4.76. The number of carbonyl (C=O) groups excluding carboxylic acids is 1. The van der Waals surface area contributed by atoms with Gasteiger partial charge in [0.1, 0.15) is 0 Å². The Morgan fingerprint density at radius 3 is 2.14 bits per heavy atom. The summed E-state index contributed by atoms with van der Waals surface area (Å²) >= 11 is 0. The van der Waals surface area contributed by atoms with Crippen molar-refractivity contribution in [1.82, 2.24) is 9.88 Å². The molecule has 6 heteroatoms. The summed E-state index contributed by atoms with van der Waals surface area (Å²) in [6, 6.07) is 18.2. The van der Waals surface area contributed by atoms with E-state index in [2.05, 4.69) is 24.0 Å². The Morgan fingerprint density at radius 1 is 0.931 bits per heavy atom. The second-order valence-electron chi connectivity index (χ2n) is 6.88. The number of non-ortho nitro benzene ring substituents is 1. The van der Waals surface area contributed by atoms with Crippen molar-refractivity contribution in [3.8, 4) is 0 Å². The maximum absolute atomic E-state index is 13.0. The van der Waals surface area contributed by atoms with Gasteiger partial charge >= 0.3 is 0 Å². The molecule has 148 valence electrons. The number of nitro benzene ring substituents is 1. The maximum atomic E-state index is 13.0. The minimum absolute atomic E-state index is 0.0180. The first-order valence-electron chi connectivity index (χ1n) is 9.53. The van der Waals surface area contributed by atoms with Gasteiger partial charge in [-0.05, 0) is 34.7 Å². The molecule has 0 spiro atoms. The van der Waals surface area contributed by atoms with E-state index in [4.69, 9.17) is 0 Å². The van der Waals surface area contributed by atoms with Crippen molar-refractivity contribution in [3.63, 3.8) is 0 Å². The summed E-state index contributed by atoms with van der Waals surface area (Å²) in [6.45, 7) is 3.05. The first kappa shape index (κ1) is 20.2. The van der Waals surface area contributed by atoms with Crippen LogP contribution >= 0.6 is 0 Å². The fraction of sp³-hybridized carbons (Fsp3) is 0.217. The Bertz CT molecular complexity index is 955. The highest BCUT2D eigenvalue weighted by Crippen LogP contribution is 2.16. The molecule has 3 rings (SSSR count). The molecule has 0 atom stereocenters. The Balaban J connectivity index is 1.76. The number of nitro groups is 1. The largest absolute Gasteiger partial charge is 0.334 e. The van der Waals surface area contributed by atoms with Crippen LogP contribution in [0.5, 0.6) is 0 Å². The molecule has 3 aromatic rings. The average Bonchev–Trinajstić information content (AvgIpc) is 2.75. The van der Waals surface area contributed by atoms with E-state index in [0.717, 1.165) is 23.1 Å². The molecular formula is C23H23N3O3. The fourth-order valence-electron chi connectivity index (χ4n) is 3.07. The first-order chi connectivity index (χ1) is 14.0. The first-order valence-corrected chi connectivity index (χ1v) is 9.53. The summed E-state index contributed by atoms with van der Waals surface area (Å²) in [7, 11) is 0. The molecule has 1 amide bonds. The molecule has 0 bridgehead atoms. The lowest BCUT2D eigenvalue weighted by atomic mass is 10.1. The van der Waals surface area contributed by atoms with Crippen LogP contribution in [0.4, 0.5) is 5.69 Å². The monoisotopic (exact) mass is 389 g/mol. The molecule has 2 aromatic carbocycles. The quantitative estimate of drug-likeness (QED) is 0.425. The number of nitrogens with zero attached hydrogens (tertiary/aromatic N) is 3. The molecule has 0 unspecified atom stereocenters. The lowest BCUT2D eigenvalue weighted by molar-refractivity contribution is -0.384. The summed E-state index contributed by atoms with van der Waals surface area (Å²) in [6.07, 6.45) is 4.62. The zero-order valence-corrected chi connectivity index (χ0v) is 16.3. The van der Waals surface area contributed by atoms with Crippen molar-refractivity contribution in [2.75, 3.05) is 0 Å². The van der Waals surface area contributed by atoms with Gasteiger partial charge in [-0.25, -0.2) is 0 Å². The number of hydrogen-bond acceptors (Lipinski definition) is 4. The smallest absolute Gasteiger partial charge is 0.269 e. The molecule has 0 radical (unpaired) electrons. The number of carbonyl (C=O) groups is 1. The average molecular weight is 389 g/mol. The molecule has 0 N–H and O–H groups in total. The van der Waals surface area contributed by atoms with E-state index in [0.29, 0.717) is 13.1 Å². The highest BCUT2D eigenvalue weighted by Gasteiger charge is 2.16. The van der Waals surface area contributed by atoms with Crippen LogP contribution in [-0.4, -0.2) is 20.7 Å². The van der Waals surface area contributed by atoms with Gasteiger partial charge in [0.25, 0.3) is 5.69 Å². The van der Waals surface area contributed by atoms with E-state index in [1.807, 2.05) is 24.3 Å². The van der Waals surface area contributed by atoms with E-state index < -0.39 is 4.92 Å². The van der Waals surface area contributed by atoms with Crippen LogP contribution in [0.25, 0.3) is 0 Å². The van der Waals surface area contributed by atoms with E-state index >= 15 is 0 Å². The van der Waals surface area contributed by atoms with Crippen molar-refractivity contribution < 1.29 is 9.72 Å². The Morgan fingerprint density at radius 2 is 1.55 bits per heavy atom. The summed E-state index contributed by atoms with van der Waals surface area (Å²) < 4.78 is 0. The highest BCUT2D eigenvalue weighted by molar-refractivity contribution is 5.78. The van der Waals surface area contributed by atoms with Gasteiger partial charge < -0.3 is 4.90 Å². The van der Waals surface area contributed by atoms with Gasteiger partial charge in [-0.3, -0.25) is 19.9 Å². The van der Waals surface area contributed by atoms with Gasteiger partial charge in [0.05, 0.1) is 11.3 Å². The van der Waals surface area contributed by atoms with Crippen LogP contribution in [0.3, 0.4) is 0 Å². The van der Waals surface area contributed by atoms with Crippen LogP contribution in [0, 0.1) is 10.1 Å². The standard InChI is InChI=1S/C23H23N3O3/c1-2-18-5-7-20(8-6-18)16-25(17-21-4-3-13-24-15-21)23(27)14-19-9-11-22(12-10-19)26(28)29/h3-13,15H,2,14,16-17H2,1H3. The number of hydrogen-bond donors (Lipinski definition) is 0. The number of rotatable bonds is 8. The second-order valence-corrected chi connectivity index (χ2v) is 6.88. The minimum Gasteiger partial charge on any atom is -0.334 e. The number of aromatic nitrogens is 1. The van der Waals surface area contributed by atoms with Gasteiger partial charge in [-0.2, -0.15) is 0 Å². The van der Waals surface area contributed by atoms with Crippen LogP contribution < -0.4 is 0 Å². The number of amides is 1. The number of benzene rings is 2. The van der Waals surface area contributed by atoms with Gasteiger partial charge in [0.2, 0.25) is 5.91 Å². The van der Waals surface area contributed by atoms with E-state index in [1.165, 1.54) is 17.7 Å².